The summed E-state index contributed by atoms with van der Waals surface area (Å²) in [4.78, 5) is 12.7. The van der Waals surface area contributed by atoms with Gasteiger partial charge in [-0.25, -0.2) is 0 Å². The van der Waals surface area contributed by atoms with Crippen molar-refractivity contribution in [3.05, 3.63) is 69.6 Å². The second-order valence-electron chi connectivity index (χ2n) is 6.51. The number of hydrogen-bond acceptors (Lipinski definition) is 4. The smallest absolute Gasteiger partial charge is 0.311 e. The predicted molar refractivity (Wildman–Crippen MR) is 116 cm³/mol. The Bertz CT molecular complexity index is 856. The molecule has 2 aromatic rings. The van der Waals surface area contributed by atoms with Crippen LogP contribution in [-0.2, 0) is 9.53 Å². The Morgan fingerprint density at radius 3 is 2.39 bits per heavy atom. The van der Waals surface area contributed by atoms with E-state index in [1.165, 1.54) is 0 Å². The van der Waals surface area contributed by atoms with Gasteiger partial charge in [-0.3, -0.25) is 4.79 Å². The lowest BCUT2D eigenvalue weighted by atomic mass is 9.92. The average Bonchev–Trinajstić information content (AvgIpc) is 2.66. The summed E-state index contributed by atoms with van der Waals surface area (Å²) in [5.74, 6) is 0.608. The number of esters is 1. The highest BCUT2D eigenvalue weighted by Crippen LogP contribution is 2.28. The van der Waals surface area contributed by atoms with Crippen molar-refractivity contribution < 1.29 is 14.3 Å². The van der Waals surface area contributed by atoms with Gasteiger partial charge in [-0.1, -0.05) is 50.3 Å². The van der Waals surface area contributed by atoms with Crippen LogP contribution in [0.3, 0.4) is 0 Å². The Kier molecular flexibility index (Phi) is 8.75. The summed E-state index contributed by atoms with van der Waals surface area (Å²) < 4.78 is 12.1. The molecular weight excluding hydrogens is 486 g/mol. The SMILES string of the molecule is CC(C)C(CC=C(Br)Br)C(=O)OC(C#N)c1cccc(Oc2ccccc2)c1. The van der Waals surface area contributed by atoms with Crippen LogP contribution < -0.4 is 4.74 Å². The third kappa shape index (κ3) is 6.81. The molecule has 0 aliphatic carbocycles. The molecule has 2 aromatic carbocycles. The molecule has 28 heavy (non-hydrogen) atoms. The number of ether oxygens (including phenoxy) is 2. The maximum absolute atomic E-state index is 12.7. The fourth-order valence-electron chi connectivity index (χ4n) is 2.59. The summed E-state index contributed by atoms with van der Waals surface area (Å²) in [6, 6.07) is 18.5. The molecule has 0 amide bonds. The Morgan fingerprint density at radius 1 is 1.11 bits per heavy atom. The van der Waals surface area contributed by atoms with E-state index in [0.29, 0.717) is 23.5 Å². The van der Waals surface area contributed by atoms with Gasteiger partial charge >= 0.3 is 5.97 Å². The average molecular weight is 507 g/mol. The minimum atomic E-state index is -0.996. The van der Waals surface area contributed by atoms with Crippen molar-refractivity contribution in [2.45, 2.75) is 26.4 Å². The second-order valence-corrected chi connectivity index (χ2v) is 9.29. The van der Waals surface area contributed by atoms with Crippen molar-refractivity contribution in [3.63, 3.8) is 0 Å². The molecule has 0 aliphatic rings. The molecule has 4 nitrogen and oxygen atoms in total. The highest BCUT2D eigenvalue weighted by atomic mass is 79.9. The van der Waals surface area contributed by atoms with E-state index in [9.17, 15) is 10.1 Å². The van der Waals surface area contributed by atoms with Gasteiger partial charge in [0.15, 0.2) is 0 Å². The number of nitriles is 1. The van der Waals surface area contributed by atoms with E-state index in [0.717, 1.165) is 3.39 Å². The normalized spacial score (nSPS) is 12.6. The molecule has 0 fully saturated rings. The van der Waals surface area contributed by atoms with Crippen LogP contribution in [0.5, 0.6) is 11.5 Å². The molecule has 2 unspecified atom stereocenters. The number of nitrogens with zero attached hydrogens (tertiary/aromatic N) is 1. The molecule has 0 radical (unpaired) electrons. The first-order valence-electron chi connectivity index (χ1n) is 8.85. The Balaban J connectivity index is 2.14. The molecule has 0 saturated carbocycles. The maximum Gasteiger partial charge on any atom is 0.311 e. The standard InChI is InChI=1S/C22H21Br2NO3/c1-15(2)19(11-12-21(23)24)22(26)28-20(14-25)16-7-6-10-18(13-16)27-17-8-4-3-5-9-17/h3-10,12-13,15,19-20H,11H2,1-2H3. The van der Waals surface area contributed by atoms with Gasteiger partial charge in [-0.15, -0.1) is 0 Å². The monoisotopic (exact) mass is 505 g/mol. The van der Waals surface area contributed by atoms with Crippen LogP contribution in [0.25, 0.3) is 0 Å². The molecule has 0 heterocycles. The van der Waals surface area contributed by atoms with Crippen LogP contribution in [0.1, 0.15) is 31.9 Å². The quantitative estimate of drug-likeness (QED) is 0.366. The maximum atomic E-state index is 12.7. The third-order valence-electron chi connectivity index (χ3n) is 4.12. The van der Waals surface area contributed by atoms with Crippen molar-refractivity contribution in [2.24, 2.45) is 11.8 Å². The summed E-state index contributed by atoms with van der Waals surface area (Å²) in [6.45, 7) is 3.91. The summed E-state index contributed by atoms with van der Waals surface area (Å²) in [6.07, 6.45) is 1.38. The Morgan fingerprint density at radius 2 is 1.79 bits per heavy atom. The molecule has 6 heteroatoms. The van der Waals surface area contributed by atoms with Gasteiger partial charge in [0.25, 0.3) is 0 Å². The summed E-state index contributed by atoms with van der Waals surface area (Å²) in [5.41, 5.74) is 0.573. The molecule has 0 spiro atoms. The lowest BCUT2D eigenvalue weighted by molar-refractivity contribution is -0.153. The predicted octanol–water partition coefficient (Wildman–Crippen LogP) is 6.88. The van der Waals surface area contributed by atoms with E-state index in [-0.39, 0.29) is 11.8 Å². The van der Waals surface area contributed by atoms with E-state index in [1.807, 2.05) is 50.3 Å². The van der Waals surface area contributed by atoms with Crippen molar-refractivity contribution in [3.8, 4) is 17.6 Å². The first kappa shape index (κ1) is 22.2. The van der Waals surface area contributed by atoms with Gasteiger partial charge in [0.1, 0.15) is 17.6 Å². The zero-order valence-corrected chi connectivity index (χ0v) is 18.8. The molecular formula is C22H21Br2NO3. The van der Waals surface area contributed by atoms with Crippen molar-refractivity contribution in [1.29, 1.82) is 5.26 Å². The van der Waals surface area contributed by atoms with Crippen LogP contribution in [0.4, 0.5) is 0 Å². The minimum Gasteiger partial charge on any atom is -0.457 e. The number of carbonyl (C=O) groups excluding carboxylic acids is 1. The first-order chi connectivity index (χ1) is 13.4. The second kappa shape index (κ2) is 11.0. The van der Waals surface area contributed by atoms with Gasteiger partial charge in [0.05, 0.1) is 9.31 Å². The van der Waals surface area contributed by atoms with Gasteiger partial charge in [-0.2, -0.15) is 5.26 Å². The van der Waals surface area contributed by atoms with Crippen molar-refractivity contribution in [2.75, 3.05) is 0 Å². The lowest BCUT2D eigenvalue weighted by Crippen LogP contribution is -2.24. The zero-order chi connectivity index (χ0) is 20.5. The fourth-order valence-corrected chi connectivity index (χ4v) is 2.97. The van der Waals surface area contributed by atoms with Crippen LogP contribution in [-0.4, -0.2) is 5.97 Å². The summed E-state index contributed by atoms with van der Waals surface area (Å²) in [7, 11) is 0. The molecule has 0 N–H and O–H groups in total. The Labute approximate surface area is 182 Å². The van der Waals surface area contributed by atoms with Crippen LogP contribution in [0, 0.1) is 23.2 Å². The van der Waals surface area contributed by atoms with Gasteiger partial charge < -0.3 is 9.47 Å². The van der Waals surface area contributed by atoms with Crippen LogP contribution in [0.15, 0.2) is 64.1 Å². The van der Waals surface area contributed by atoms with Crippen molar-refractivity contribution in [1.82, 2.24) is 0 Å². The van der Waals surface area contributed by atoms with Gasteiger partial charge in [-0.05, 0) is 68.5 Å². The molecule has 2 atom stereocenters. The number of para-hydroxylation sites is 1. The zero-order valence-electron chi connectivity index (χ0n) is 15.6. The van der Waals surface area contributed by atoms with E-state index in [4.69, 9.17) is 9.47 Å². The number of halogens is 2. The van der Waals surface area contributed by atoms with Gasteiger partial charge in [0, 0.05) is 5.56 Å². The van der Waals surface area contributed by atoms with Gasteiger partial charge in [0.2, 0.25) is 6.10 Å². The molecule has 0 aromatic heterocycles. The summed E-state index contributed by atoms with van der Waals surface area (Å²) in [5, 5.41) is 9.55. The first-order valence-corrected chi connectivity index (χ1v) is 10.4. The minimum absolute atomic E-state index is 0.0789. The summed E-state index contributed by atoms with van der Waals surface area (Å²) >= 11 is 6.59. The topological polar surface area (TPSA) is 59.3 Å². The molecule has 2 rings (SSSR count). The van der Waals surface area contributed by atoms with Crippen LogP contribution >= 0.6 is 31.9 Å². The number of allylic oxidation sites excluding steroid dienone is 1. The number of rotatable bonds is 8. The van der Waals surface area contributed by atoms with E-state index in [1.54, 1.807) is 24.3 Å². The molecule has 0 aliphatic heterocycles. The lowest BCUT2D eigenvalue weighted by Gasteiger charge is -2.20. The largest absolute Gasteiger partial charge is 0.457 e. The van der Waals surface area contributed by atoms with E-state index >= 15 is 0 Å². The van der Waals surface area contributed by atoms with Crippen LogP contribution in [0.2, 0.25) is 0 Å². The highest BCUT2D eigenvalue weighted by Gasteiger charge is 2.26. The van der Waals surface area contributed by atoms with E-state index < -0.39 is 12.1 Å². The third-order valence-corrected chi connectivity index (χ3v) is 4.77. The molecule has 146 valence electrons. The molecule has 0 saturated heterocycles. The Hall–Kier alpha value is -2.10. The number of hydrogen-bond donors (Lipinski definition) is 0. The van der Waals surface area contributed by atoms with Crippen molar-refractivity contribution >= 4 is 37.8 Å². The highest BCUT2D eigenvalue weighted by molar-refractivity contribution is 9.28. The van der Waals surface area contributed by atoms with E-state index in [2.05, 4.69) is 37.9 Å². The number of carbonyl (C=O) groups is 1. The molecule has 0 bridgehead atoms. The number of benzene rings is 2. The fraction of sp³-hybridized carbons (Fsp3) is 0.273.